The Balaban J connectivity index is 1.79. The average Bonchev–Trinajstić information content (AvgIpc) is 3.39. The first-order chi connectivity index (χ1) is 11.2. The number of nitrogens with one attached hydrogen (secondary N) is 1. The maximum absolute atomic E-state index is 13.7. The maximum Gasteiger partial charge on any atom is 0.254 e. The van der Waals surface area contributed by atoms with E-state index in [0.29, 0.717) is 28.9 Å². The molecule has 2 heterocycles. The molecular weight excluding hydrogens is 293 g/mol. The number of benzene rings is 1. The lowest BCUT2D eigenvalue weighted by atomic mass is 10.0. The van der Waals surface area contributed by atoms with Gasteiger partial charge in [-0.25, -0.2) is 4.39 Å². The van der Waals surface area contributed by atoms with Crippen LogP contribution in [0.2, 0.25) is 0 Å². The Morgan fingerprint density at radius 2 is 2.09 bits per heavy atom. The molecule has 1 aliphatic heterocycles. The number of carbonyl (C=O) groups excluding carboxylic acids is 1. The zero-order chi connectivity index (χ0) is 15.8. The normalized spacial score (nSPS) is 18.9. The highest BCUT2D eigenvalue weighted by Crippen LogP contribution is 2.40. The molecule has 120 valence electrons. The molecule has 4 rings (SSSR count). The summed E-state index contributed by atoms with van der Waals surface area (Å²) in [4.78, 5) is 19.5. The highest BCUT2D eigenvalue weighted by atomic mass is 19.1. The number of pyridine rings is 1. The van der Waals surface area contributed by atoms with Crippen LogP contribution in [-0.4, -0.2) is 42.0 Å². The molecule has 4 nitrogen and oxygen atoms in total. The lowest BCUT2D eigenvalue weighted by Crippen LogP contribution is -2.34. The first-order valence-electron chi connectivity index (χ1n) is 8.32. The second-order valence-electron chi connectivity index (χ2n) is 6.43. The van der Waals surface area contributed by atoms with Gasteiger partial charge in [0.1, 0.15) is 5.82 Å². The summed E-state index contributed by atoms with van der Waals surface area (Å²) >= 11 is 0. The highest BCUT2D eigenvalue weighted by molar-refractivity contribution is 6.06. The average molecular weight is 313 g/mol. The predicted octanol–water partition coefficient (Wildman–Crippen LogP) is 2.69. The third kappa shape index (κ3) is 2.93. The molecule has 1 aromatic carbocycles. The lowest BCUT2D eigenvalue weighted by molar-refractivity contribution is 0.0768. The first-order valence-corrected chi connectivity index (χ1v) is 8.32. The number of halogens is 1. The van der Waals surface area contributed by atoms with Crippen molar-refractivity contribution in [2.24, 2.45) is 0 Å². The summed E-state index contributed by atoms with van der Waals surface area (Å²) in [7, 11) is 0. The standard InChI is InChI=1S/C18H20FN3O/c19-13-4-5-16-14(10-13)15(11-17(21-16)12-2-3-12)18(23)22-8-1-6-20-7-9-22/h4-5,10-12,20H,1-3,6-9H2. The molecule has 0 radical (unpaired) electrons. The topological polar surface area (TPSA) is 45.2 Å². The fourth-order valence-electron chi connectivity index (χ4n) is 3.20. The summed E-state index contributed by atoms with van der Waals surface area (Å²) < 4.78 is 13.7. The van der Waals surface area contributed by atoms with Crippen LogP contribution in [-0.2, 0) is 0 Å². The molecule has 1 N–H and O–H groups in total. The van der Waals surface area contributed by atoms with Crippen molar-refractivity contribution in [2.45, 2.75) is 25.2 Å². The molecule has 1 amide bonds. The van der Waals surface area contributed by atoms with Crippen molar-refractivity contribution in [1.82, 2.24) is 15.2 Å². The number of hydrogen-bond donors (Lipinski definition) is 1. The Morgan fingerprint density at radius 3 is 2.91 bits per heavy atom. The largest absolute Gasteiger partial charge is 0.337 e. The minimum absolute atomic E-state index is 0.00593. The van der Waals surface area contributed by atoms with Crippen LogP contribution in [0.3, 0.4) is 0 Å². The van der Waals surface area contributed by atoms with Gasteiger partial charge in [0.05, 0.1) is 11.1 Å². The van der Waals surface area contributed by atoms with Crippen LogP contribution in [0, 0.1) is 5.82 Å². The lowest BCUT2D eigenvalue weighted by Gasteiger charge is -2.21. The van der Waals surface area contributed by atoms with Crippen molar-refractivity contribution in [1.29, 1.82) is 0 Å². The van der Waals surface area contributed by atoms with Crippen LogP contribution in [0.25, 0.3) is 10.9 Å². The summed E-state index contributed by atoms with van der Waals surface area (Å²) in [6, 6.07) is 6.41. The third-order valence-corrected chi connectivity index (χ3v) is 4.64. The molecule has 23 heavy (non-hydrogen) atoms. The van der Waals surface area contributed by atoms with Crippen LogP contribution in [0.1, 0.15) is 41.2 Å². The van der Waals surface area contributed by atoms with E-state index in [1.54, 1.807) is 6.07 Å². The van der Waals surface area contributed by atoms with Gasteiger partial charge in [-0.3, -0.25) is 9.78 Å². The summed E-state index contributed by atoms with van der Waals surface area (Å²) in [5.74, 6) is 0.125. The molecule has 0 spiro atoms. The Labute approximate surface area is 134 Å². The molecule has 2 fully saturated rings. The number of fused-ring (bicyclic) bond motifs is 1. The minimum atomic E-state index is -0.329. The Morgan fingerprint density at radius 1 is 1.22 bits per heavy atom. The molecule has 0 atom stereocenters. The highest BCUT2D eigenvalue weighted by Gasteiger charge is 2.28. The quantitative estimate of drug-likeness (QED) is 0.927. The zero-order valence-electron chi connectivity index (χ0n) is 13.0. The van der Waals surface area contributed by atoms with Gasteiger partial charge in [-0.2, -0.15) is 0 Å². The predicted molar refractivity (Wildman–Crippen MR) is 87.1 cm³/mol. The third-order valence-electron chi connectivity index (χ3n) is 4.64. The van der Waals surface area contributed by atoms with Crippen molar-refractivity contribution >= 4 is 16.8 Å². The van der Waals surface area contributed by atoms with Gasteiger partial charge in [-0.1, -0.05) is 0 Å². The smallest absolute Gasteiger partial charge is 0.254 e. The van der Waals surface area contributed by atoms with Gasteiger partial charge in [-0.05, 0) is 50.1 Å². The number of rotatable bonds is 2. The molecule has 1 saturated heterocycles. The van der Waals surface area contributed by atoms with Gasteiger partial charge in [0.15, 0.2) is 0 Å². The van der Waals surface area contributed by atoms with Gasteiger partial charge in [-0.15, -0.1) is 0 Å². The monoisotopic (exact) mass is 313 g/mol. The molecule has 0 unspecified atom stereocenters. The Bertz CT molecular complexity index is 749. The number of aromatic nitrogens is 1. The van der Waals surface area contributed by atoms with E-state index in [2.05, 4.69) is 10.3 Å². The van der Waals surface area contributed by atoms with Crippen molar-refractivity contribution in [3.63, 3.8) is 0 Å². The number of hydrogen-bond acceptors (Lipinski definition) is 3. The molecule has 2 aliphatic rings. The molecule has 1 aromatic heterocycles. The molecular formula is C18H20FN3O. The van der Waals surface area contributed by atoms with Gasteiger partial charge in [0.2, 0.25) is 0 Å². The van der Waals surface area contributed by atoms with Gasteiger partial charge in [0, 0.05) is 36.6 Å². The second kappa shape index (κ2) is 5.89. The van der Waals surface area contributed by atoms with Gasteiger partial charge < -0.3 is 10.2 Å². The summed E-state index contributed by atoms with van der Waals surface area (Å²) in [5, 5.41) is 3.93. The number of carbonyl (C=O) groups is 1. The van der Waals surface area contributed by atoms with E-state index in [0.717, 1.165) is 44.6 Å². The van der Waals surface area contributed by atoms with E-state index in [1.807, 2.05) is 11.0 Å². The van der Waals surface area contributed by atoms with Crippen molar-refractivity contribution in [2.75, 3.05) is 26.2 Å². The molecule has 1 saturated carbocycles. The minimum Gasteiger partial charge on any atom is -0.337 e. The van der Waals surface area contributed by atoms with Crippen molar-refractivity contribution < 1.29 is 9.18 Å². The maximum atomic E-state index is 13.7. The van der Waals surface area contributed by atoms with E-state index in [9.17, 15) is 9.18 Å². The molecule has 5 heteroatoms. The van der Waals surface area contributed by atoms with Crippen molar-refractivity contribution in [3.05, 3.63) is 41.3 Å². The zero-order valence-corrected chi connectivity index (χ0v) is 13.0. The fraction of sp³-hybridized carbons (Fsp3) is 0.444. The van der Waals surface area contributed by atoms with Crippen LogP contribution in [0.4, 0.5) is 4.39 Å². The summed E-state index contributed by atoms with van der Waals surface area (Å²) in [6.45, 7) is 3.17. The molecule has 0 bridgehead atoms. The second-order valence-corrected chi connectivity index (χ2v) is 6.43. The van der Waals surface area contributed by atoms with E-state index >= 15 is 0 Å². The Hall–Kier alpha value is -2.01. The van der Waals surface area contributed by atoms with Crippen LogP contribution in [0.15, 0.2) is 24.3 Å². The Kier molecular flexibility index (Phi) is 3.73. The fourth-order valence-corrected chi connectivity index (χ4v) is 3.20. The van der Waals surface area contributed by atoms with E-state index in [1.165, 1.54) is 12.1 Å². The van der Waals surface area contributed by atoms with Crippen molar-refractivity contribution in [3.8, 4) is 0 Å². The van der Waals surface area contributed by atoms with E-state index in [4.69, 9.17) is 0 Å². The SMILES string of the molecule is O=C(c1cc(C2CC2)nc2ccc(F)cc12)N1CCCNCC1. The van der Waals surface area contributed by atoms with Gasteiger partial charge in [0.25, 0.3) is 5.91 Å². The van der Waals surface area contributed by atoms with E-state index in [-0.39, 0.29) is 11.7 Å². The van der Waals surface area contributed by atoms with Crippen LogP contribution < -0.4 is 5.32 Å². The van der Waals surface area contributed by atoms with Crippen LogP contribution in [0.5, 0.6) is 0 Å². The van der Waals surface area contributed by atoms with Gasteiger partial charge >= 0.3 is 0 Å². The number of amides is 1. The number of nitrogens with zero attached hydrogens (tertiary/aromatic N) is 2. The first kappa shape index (κ1) is 14.6. The summed E-state index contributed by atoms with van der Waals surface area (Å²) in [5.41, 5.74) is 2.28. The molecule has 2 aromatic rings. The summed E-state index contributed by atoms with van der Waals surface area (Å²) in [6.07, 6.45) is 3.19. The van der Waals surface area contributed by atoms with E-state index < -0.39 is 0 Å². The van der Waals surface area contributed by atoms with Crippen LogP contribution >= 0.6 is 0 Å². The molecule has 1 aliphatic carbocycles.